The highest BCUT2D eigenvalue weighted by atomic mass is 16.2. The molecule has 5 heteroatoms. The molecular weight excluding hydrogens is 144 g/mol. The van der Waals surface area contributed by atoms with E-state index in [2.05, 4.69) is 21.4 Å². The molecule has 0 fully saturated rings. The van der Waals surface area contributed by atoms with Gasteiger partial charge in [0.25, 0.3) is 5.91 Å². The van der Waals surface area contributed by atoms with Crippen LogP contribution in [0.2, 0.25) is 0 Å². The van der Waals surface area contributed by atoms with Gasteiger partial charge in [-0.1, -0.05) is 5.73 Å². The van der Waals surface area contributed by atoms with Crippen LogP contribution in [0.5, 0.6) is 0 Å². The molecule has 4 N–H and O–H groups in total. The van der Waals surface area contributed by atoms with E-state index in [0.717, 1.165) is 0 Å². The highest BCUT2D eigenvalue weighted by molar-refractivity contribution is 6.23. The van der Waals surface area contributed by atoms with Crippen LogP contribution in [0, 0.1) is 0 Å². The molecule has 5 nitrogen and oxygen atoms in total. The number of fused-ring (bicyclic) bond motifs is 1. The third kappa shape index (κ3) is 0.832. The van der Waals surface area contributed by atoms with Crippen LogP contribution in [0.4, 0.5) is 0 Å². The van der Waals surface area contributed by atoms with Crippen molar-refractivity contribution in [2.24, 2.45) is 10.7 Å². The van der Waals surface area contributed by atoms with E-state index >= 15 is 0 Å². The Balaban J connectivity index is 2.45. The summed E-state index contributed by atoms with van der Waals surface area (Å²) in [6.07, 6.45) is 0.897. The number of amidine groups is 1. The van der Waals surface area contributed by atoms with Gasteiger partial charge in [0, 0.05) is 6.20 Å². The predicted octanol–water partition coefficient (Wildman–Crippen LogP) is -1.60. The van der Waals surface area contributed by atoms with Crippen molar-refractivity contribution in [2.75, 3.05) is 0 Å². The maximum absolute atomic E-state index is 11.1. The van der Waals surface area contributed by atoms with Gasteiger partial charge in [0.2, 0.25) is 0 Å². The molecular formula is C6H6N4O. The fraction of sp³-hybridized carbons (Fsp3) is 0.167. The standard InChI is InChI=1S/C6H6N4O/c7-6-9-4-3(1-2-8-4)5(11)10-6/h2,6H,7H2,(H,8,9)(H,10,11). The minimum Gasteiger partial charge on any atom is -0.339 e. The molecule has 1 unspecified atom stereocenters. The Bertz CT molecular complexity index is 311. The SMILES string of the molecule is NC1N=C2NC=C=C2C(=O)N1. The van der Waals surface area contributed by atoms with Gasteiger partial charge in [-0.25, -0.2) is 4.99 Å². The fourth-order valence-corrected chi connectivity index (χ4v) is 0.970. The summed E-state index contributed by atoms with van der Waals surface area (Å²) in [7, 11) is 0. The van der Waals surface area contributed by atoms with Crippen LogP contribution < -0.4 is 16.4 Å². The molecule has 0 saturated heterocycles. The third-order valence-corrected chi connectivity index (χ3v) is 1.44. The van der Waals surface area contributed by atoms with Gasteiger partial charge in [-0.05, 0) is 0 Å². The molecule has 2 aliphatic heterocycles. The van der Waals surface area contributed by atoms with Crippen LogP contribution in [-0.4, -0.2) is 18.0 Å². The molecule has 0 bridgehead atoms. The molecule has 0 aromatic rings. The summed E-state index contributed by atoms with van der Waals surface area (Å²) < 4.78 is 0. The molecule has 1 amide bonds. The minimum absolute atomic E-state index is 0.233. The van der Waals surface area contributed by atoms with E-state index < -0.39 is 6.29 Å². The summed E-state index contributed by atoms with van der Waals surface area (Å²) in [6, 6.07) is 0. The molecule has 56 valence electrons. The Labute approximate surface area is 62.7 Å². The number of carbonyl (C=O) groups excluding carboxylic acids is 1. The number of nitrogens with zero attached hydrogens (tertiary/aromatic N) is 1. The van der Waals surface area contributed by atoms with E-state index in [1.54, 1.807) is 0 Å². The first-order valence-corrected chi connectivity index (χ1v) is 3.14. The van der Waals surface area contributed by atoms with E-state index in [0.29, 0.717) is 11.4 Å². The van der Waals surface area contributed by atoms with E-state index in [4.69, 9.17) is 5.73 Å². The topological polar surface area (TPSA) is 79.5 Å². The Hall–Kier alpha value is -1.58. The molecule has 0 saturated carbocycles. The highest BCUT2D eigenvalue weighted by Gasteiger charge is 2.24. The zero-order chi connectivity index (χ0) is 7.84. The van der Waals surface area contributed by atoms with Gasteiger partial charge in [0.1, 0.15) is 11.4 Å². The number of hydrogen-bond acceptors (Lipinski definition) is 4. The summed E-state index contributed by atoms with van der Waals surface area (Å²) in [6.45, 7) is 0. The van der Waals surface area contributed by atoms with E-state index in [1.165, 1.54) is 6.20 Å². The number of nitrogens with one attached hydrogen (secondary N) is 2. The van der Waals surface area contributed by atoms with Crippen molar-refractivity contribution >= 4 is 11.7 Å². The Morgan fingerprint density at radius 1 is 1.73 bits per heavy atom. The molecule has 2 aliphatic rings. The van der Waals surface area contributed by atoms with Gasteiger partial charge in [0.05, 0.1) is 0 Å². The van der Waals surface area contributed by atoms with Crippen LogP contribution in [0.15, 0.2) is 22.5 Å². The molecule has 0 aromatic carbocycles. The molecule has 11 heavy (non-hydrogen) atoms. The van der Waals surface area contributed by atoms with Gasteiger partial charge < -0.3 is 10.6 Å². The first kappa shape index (κ1) is 6.15. The quantitative estimate of drug-likeness (QED) is 0.364. The van der Waals surface area contributed by atoms with Crippen molar-refractivity contribution in [1.29, 1.82) is 0 Å². The molecule has 2 heterocycles. The van der Waals surface area contributed by atoms with Crippen LogP contribution in [0.25, 0.3) is 0 Å². The Morgan fingerprint density at radius 3 is 3.36 bits per heavy atom. The maximum atomic E-state index is 11.1. The zero-order valence-electron chi connectivity index (χ0n) is 5.59. The lowest BCUT2D eigenvalue weighted by Gasteiger charge is -2.16. The molecule has 1 atom stereocenters. The maximum Gasteiger partial charge on any atom is 0.265 e. The average molecular weight is 150 g/mol. The van der Waals surface area contributed by atoms with Crippen molar-refractivity contribution in [1.82, 2.24) is 10.6 Å². The minimum atomic E-state index is -0.637. The molecule has 2 rings (SSSR count). The van der Waals surface area contributed by atoms with Crippen molar-refractivity contribution in [3.05, 3.63) is 17.5 Å². The second-order valence-corrected chi connectivity index (χ2v) is 2.20. The number of amides is 1. The largest absolute Gasteiger partial charge is 0.339 e. The van der Waals surface area contributed by atoms with Crippen molar-refractivity contribution in [3.8, 4) is 0 Å². The number of nitrogens with two attached hydrogens (primary N) is 1. The van der Waals surface area contributed by atoms with E-state index in [-0.39, 0.29) is 5.91 Å². The molecule has 0 aromatic heterocycles. The lowest BCUT2D eigenvalue weighted by molar-refractivity contribution is -0.117. The lowest BCUT2D eigenvalue weighted by Crippen LogP contribution is -2.47. The first-order chi connectivity index (χ1) is 5.27. The molecule has 0 aliphatic carbocycles. The number of carbonyl (C=O) groups is 1. The van der Waals surface area contributed by atoms with Crippen LogP contribution in [-0.2, 0) is 4.79 Å². The van der Waals surface area contributed by atoms with Crippen molar-refractivity contribution in [2.45, 2.75) is 6.29 Å². The van der Waals surface area contributed by atoms with Gasteiger partial charge in [0.15, 0.2) is 6.29 Å². The number of hydrogen-bond donors (Lipinski definition) is 3. The highest BCUT2D eigenvalue weighted by Crippen LogP contribution is 2.05. The molecule has 0 radical (unpaired) electrons. The Kier molecular flexibility index (Phi) is 1.09. The van der Waals surface area contributed by atoms with Gasteiger partial charge in [-0.3, -0.25) is 10.5 Å². The van der Waals surface area contributed by atoms with E-state index in [9.17, 15) is 4.79 Å². The summed E-state index contributed by atoms with van der Waals surface area (Å²) in [5.74, 6) is 0.269. The summed E-state index contributed by atoms with van der Waals surface area (Å²) in [5, 5.41) is 5.20. The van der Waals surface area contributed by atoms with Crippen molar-refractivity contribution < 1.29 is 4.79 Å². The van der Waals surface area contributed by atoms with Crippen molar-refractivity contribution in [3.63, 3.8) is 0 Å². The summed E-state index contributed by atoms with van der Waals surface area (Å²) in [4.78, 5) is 15.0. The monoisotopic (exact) mass is 150 g/mol. The number of aliphatic imine (C=N–C) groups is 1. The average Bonchev–Trinajstić information content (AvgIpc) is 2.34. The smallest absolute Gasteiger partial charge is 0.265 e. The lowest BCUT2D eigenvalue weighted by atomic mass is 10.2. The van der Waals surface area contributed by atoms with Crippen LogP contribution in [0.1, 0.15) is 0 Å². The predicted molar refractivity (Wildman–Crippen MR) is 38.3 cm³/mol. The Morgan fingerprint density at radius 2 is 2.55 bits per heavy atom. The summed E-state index contributed by atoms with van der Waals surface area (Å²) in [5.41, 5.74) is 8.50. The zero-order valence-corrected chi connectivity index (χ0v) is 5.59. The fourth-order valence-electron chi connectivity index (χ4n) is 0.970. The van der Waals surface area contributed by atoms with Crippen LogP contribution >= 0.6 is 0 Å². The molecule has 0 spiro atoms. The van der Waals surface area contributed by atoms with Crippen LogP contribution in [0.3, 0.4) is 0 Å². The van der Waals surface area contributed by atoms with Gasteiger partial charge in [-0.15, -0.1) is 0 Å². The first-order valence-electron chi connectivity index (χ1n) is 3.14. The van der Waals surface area contributed by atoms with Gasteiger partial charge >= 0.3 is 0 Å². The van der Waals surface area contributed by atoms with Gasteiger partial charge in [-0.2, -0.15) is 0 Å². The van der Waals surface area contributed by atoms with E-state index in [1.807, 2.05) is 0 Å². The third-order valence-electron chi connectivity index (χ3n) is 1.44. The second-order valence-electron chi connectivity index (χ2n) is 2.20. The number of rotatable bonds is 0. The normalized spacial score (nSPS) is 26.6. The second kappa shape index (κ2) is 1.95. The summed E-state index contributed by atoms with van der Waals surface area (Å²) >= 11 is 0.